The monoisotopic (exact) mass is 564 g/mol. The van der Waals surface area contributed by atoms with E-state index in [2.05, 4.69) is 4.99 Å². The van der Waals surface area contributed by atoms with Gasteiger partial charge in [-0.3, -0.25) is 9.36 Å². The van der Waals surface area contributed by atoms with E-state index in [-0.39, 0.29) is 18.0 Å². The molecule has 0 saturated heterocycles. The Morgan fingerprint density at radius 1 is 1.02 bits per heavy atom. The molecule has 3 heterocycles. The molecule has 7 nitrogen and oxygen atoms in total. The lowest BCUT2D eigenvalue weighted by Gasteiger charge is -2.24. The Balaban J connectivity index is 1.56. The lowest BCUT2D eigenvalue weighted by Crippen LogP contribution is -2.39. The molecule has 1 aliphatic heterocycles. The Morgan fingerprint density at radius 3 is 2.39 bits per heavy atom. The van der Waals surface area contributed by atoms with Crippen LogP contribution >= 0.6 is 11.3 Å². The molecule has 2 aromatic heterocycles. The third-order valence-electron chi connectivity index (χ3n) is 6.80. The van der Waals surface area contributed by atoms with Crippen molar-refractivity contribution in [2.24, 2.45) is 4.99 Å². The number of halogens is 1. The van der Waals surface area contributed by atoms with Crippen LogP contribution < -0.4 is 14.9 Å². The first-order chi connectivity index (χ1) is 19.9. The number of rotatable bonds is 6. The Hall–Kier alpha value is -4.89. The molecule has 0 aliphatic carbocycles. The Bertz CT molecular complexity index is 1960. The topological polar surface area (TPSA) is 78.5 Å². The van der Waals surface area contributed by atoms with Gasteiger partial charge in [0.25, 0.3) is 5.56 Å². The lowest BCUT2D eigenvalue weighted by atomic mass is 9.96. The first kappa shape index (κ1) is 26.3. The second-order valence-corrected chi connectivity index (χ2v) is 10.4. The van der Waals surface area contributed by atoms with E-state index in [1.807, 2.05) is 66.9 Å². The average Bonchev–Trinajstić information content (AvgIpc) is 3.54. The molecule has 0 amide bonds. The zero-order chi connectivity index (χ0) is 28.5. The number of para-hydroxylation sites is 1. The molecule has 1 atom stereocenters. The Labute approximate surface area is 238 Å². The first-order valence-corrected chi connectivity index (χ1v) is 13.9. The number of fused-ring (bicyclic) bond motifs is 1. The van der Waals surface area contributed by atoms with Gasteiger partial charge in [0.2, 0.25) is 0 Å². The average molecular weight is 565 g/mol. The maximum Gasteiger partial charge on any atom is 0.338 e. The summed E-state index contributed by atoms with van der Waals surface area (Å²) in [5, 5.41) is 4.78. The highest BCUT2D eigenvalue weighted by molar-refractivity contribution is 7.07. The molecule has 0 radical (unpaired) electrons. The minimum Gasteiger partial charge on any atom is -0.463 e. The second-order valence-electron chi connectivity index (χ2n) is 9.43. The zero-order valence-electron chi connectivity index (χ0n) is 22.3. The quantitative estimate of drug-likeness (QED) is 0.278. The minimum absolute atomic E-state index is 0.207. The van der Waals surface area contributed by atoms with Gasteiger partial charge in [-0.05, 0) is 61.9 Å². The minimum atomic E-state index is -0.683. The summed E-state index contributed by atoms with van der Waals surface area (Å²) in [4.78, 5) is 32.2. The predicted molar refractivity (Wildman–Crippen MR) is 156 cm³/mol. The Morgan fingerprint density at radius 2 is 1.71 bits per heavy atom. The van der Waals surface area contributed by atoms with E-state index in [9.17, 15) is 14.0 Å². The number of thiazole rings is 1. The number of hydrogen-bond acceptors (Lipinski definition) is 6. The van der Waals surface area contributed by atoms with E-state index in [0.29, 0.717) is 37.4 Å². The van der Waals surface area contributed by atoms with E-state index in [0.717, 1.165) is 11.3 Å². The van der Waals surface area contributed by atoms with Gasteiger partial charge in [-0.25, -0.2) is 18.9 Å². The maximum atomic E-state index is 14.0. The predicted octanol–water partition coefficient (Wildman–Crippen LogP) is 4.79. The van der Waals surface area contributed by atoms with Gasteiger partial charge in [0, 0.05) is 17.3 Å². The zero-order valence-corrected chi connectivity index (χ0v) is 23.1. The van der Waals surface area contributed by atoms with Crippen molar-refractivity contribution >= 4 is 23.4 Å². The normalized spacial score (nSPS) is 15.0. The van der Waals surface area contributed by atoms with Crippen LogP contribution in [0.5, 0.6) is 0 Å². The summed E-state index contributed by atoms with van der Waals surface area (Å²) in [5.41, 5.74) is 4.18. The highest BCUT2D eigenvalue weighted by Crippen LogP contribution is 2.31. The molecule has 1 unspecified atom stereocenters. The molecule has 0 bridgehead atoms. The van der Waals surface area contributed by atoms with Gasteiger partial charge in [0.1, 0.15) is 11.5 Å². The van der Waals surface area contributed by atoms with Gasteiger partial charge < -0.3 is 4.74 Å². The molecule has 0 saturated carbocycles. The van der Waals surface area contributed by atoms with E-state index in [1.165, 1.54) is 23.5 Å². The summed E-state index contributed by atoms with van der Waals surface area (Å²) in [6.07, 6.45) is 3.62. The maximum absolute atomic E-state index is 14.0. The molecule has 3 aromatic carbocycles. The molecule has 0 fully saturated rings. The van der Waals surface area contributed by atoms with Crippen molar-refractivity contribution in [3.63, 3.8) is 0 Å². The number of aromatic nitrogens is 3. The summed E-state index contributed by atoms with van der Waals surface area (Å²) in [7, 11) is 0. The molecule has 9 heteroatoms. The van der Waals surface area contributed by atoms with E-state index in [4.69, 9.17) is 9.84 Å². The highest BCUT2D eigenvalue weighted by atomic mass is 32.1. The van der Waals surface area contributed by atoms with Gasteiger partial charge in [-0.1, -0.05) is 59.9 Å². The van der Waals surface area contributed by atoms with Crippen LogP contribution in [0.15, 0.2) is 112 Å². The molecule has 41 heavy (non-hydrogen) atoms. The number of hydrogen-bond donors (Lipinski definition) is 0. The molecule has 1 aliphatic rings. The Kier molecular flexibility index (Phi) is 7.03. The van der Waals surface area contributed by atoms with Gasteiger partial charge in [-0.15, -0.1) is 0 Å². The molecule has 0 spiro atoms. The molecule has 5 aromatic rings. The number of ether oxygens (including phenoxy) is 1. The van der Waals surface area contributed by atoms with Crippen LogP contribution in [0.25, 0.3) is 23.0 Å². The van der Waals surface area contributed by atoms with Gasteiger partial charge in [-0.2, -0.15) is 5.10 Å². The van der Waals surface area contributed by atoms with Crippen molar-refractivity contribution in [3.8, 4) is 16.9 Å². The molecule has 0 N–H and O–H groups in total. The van der Waals surface area contributed by atoms with E-state index in [1.54, 1.807) is 41.3 Å². The van der Waals surface area contributed by atoms with Gasteiger partial charge in [0.05, 0.1) is 34.1 Å². The van der Waals surface area contributed by atoms with E-state index < -0.39 is 12.0 Å². The van der Waals surface area contributed by atoms with Crippen molar-refractivity contribution < 1.29 is 13.9 Å². The van der Waals surface area contributed by atoms with Crippen LogP contribution in [0.1, 0.15) is 31.0 Å². The second kappa shape index (κ2) is 10.9. The summed E-state index contributed by atoms with van der Waals surface area (Å²) in [6, 6.07) is 24.4. The largest absolute Gasteiger partial charge is 0.463 e. The number of allylic oxidation sites excluding steroid dienone is 1. The third-order valence-corrected chi connectivity index (χ3v) is 7.78. The molecule has 204 valence electrons. The summed E-state index contributed by atoms with van der Waals surface area (Å²) in [6.45, 7) is 3.71. The summed E-state index contributed by atoms with van der Waals surface area (Å²) < 4.78 is 22.8. The number of carbonyl (C=O) groups is 1. The van der Waals surface area contributed by atoms with Crippen LogP contribution in [0.4, 0.5) is 4.39 Å². The fourth-order valence-corrected chi connectivity index (χ4v) is 5.96. The van der Waals surface area contributed by atoms with Crippen LogP contribution in [0.3, 0.4) is 0 Å². The van der Waals surface area contributed by atoms with Crippen molar-refractivity contribution in [1.29, 1.82) is 0 Å². The van der Waals surface area contributed by atoms with Crippen molar-refractivity contribution in [1.82, 2.24) is 14.3 Å². The van der Waals surface area contributed by atoms with Gasteiger partial charge >= 0.3 is 5.97 Å². The molecular weight excluding hydrogens is 539 g/mol. The SMILES string of the molecule is CCOC(=O)C1=C(C)N=c2s/c(=C\c3cn(-c4ccccc4)nc3-c3ccc(F)cc3)c(=O)n2C1c1ccccc1. The summed E-state index contributed by atoms with van der Waals surface area (Å²) >= 11 is 1.24. The van der Waals surface area contributed by atoms with Crippen LogP contribution in [0.2, 0.25) is 0 Å². The molecular formula is C32H25FN4O3S. The fraction of sp³-hybridized carbons (Fsp3) is 0.125. The van der Waals surface area contributed by atoms with Crippen LogP contribution in [-0.4, -0.2) is 26.9 Å². The number of esters is 1. The van der Waals surface area contributed by atoms with Crippen LogP contribution in [-0.2, 0) is 9.53 Å². The van der Waals surface area contributed by atoms with Crippen molar-refractivity contribution in [2.75, 3.05) is 6.61 Å². The highest BCUT2D eigenvalue weighted by Gasteiger charge is 2.33. The van der Waals surface area contributed by atoms with Gasteiger partial charge in [0.15, 0.2) is 4.80 Å². The fourth-order valence-electron chi connectivity index (χ4n) is 4.92. The first-order valence-electron chi connectivity index (χ1n) is 13.1. The number of benzene rings is 3. The lowest BCUT2D eigenvalue weighted by molar-refractivity contribution is -0.139. The molecule has 6 rings (SSSR count). The van der Waals surface area contributed by atoms with Crippen molar-refractivity contribution in [2.45, 2.75) is 19.9 Å². The van der Waals surface area contributed by atoms with E-state index >= 15 is 0 Å². The van der Waals surface area contributed by atoms with Crippen LogP contribution in [0, 0.1) is 5.82 Å². The number of carbonyl (C=O) groups excluding carboxylic acids is 1. The third kappa shape index (κ3) is 4.96. The number of nitrogens with zero attached hydrogens (tertiary/aromatic N) is 4. The van der Waals surface area contributed by atoms with Crippen molar-refractivity contribution in [3.05, 3.63) is 139 Å². The summed E-state index contributed by atoms with van der Waals surface area (Å²) in [5.74, 6) is -0.848. The smallest absolute Gasteiger partial charge is 0.338 e. The standard InChI is InChI=1S/C32H25FN4O3S/c1-3-40-31(39)27-20(2)34-32-37(29(27)22-10-6-4-7-11-22)30(38)26(41-32)18-23-19-36(25-12-8-5-9-13-25)35-28(23)21-14-16-24(33)17-15-21/h4-19,29H,3H2,1-2H3/b26-18-.